The maximum absolute atomic E-state index is 13.2. The molecular weight excluding hydrogens is 412 g/mol. The Kier molecular flexibility index (Phi) is 4.93. The van der Waals surface area contributed by atoms with Crippen molar-refractivity contribution in [1.82, 2.24) is 4.98 Å². The van der Waals surface area contributed by atoms with Crippen molar-refractivity contribution in [2.45, 2.75) is 0 Å². The lowest BCUT2D eigenvalue weighted by atomic mass is 10.1. The first-order chi connectivity index (χ1) is 15.2. The van der Waals surface area contributed by atoms with Gasteiger partial charge >= 0.3 is 0 Å². The number of hydrogen-bond donors (Lipinski definition) is 1. The molecule has 7 heteroatoms. The summed E-state index contributed by atoms with van der Waals surface area (Å²) in [5.74, 6) is 0.649. The molecule has 3 aromatic carbocycles. The molecule has 1 aliphatic heterocycles. The van der Waals surface area contributed by atoms with Gasteiger partial charge in [-0.3, -0.25) is 14.9 Å². The normalized spacial score (nSPS) is 11.9. The van der Waals surface area contributed by atoms with E-state index in [1.807, 2.05) is 48.5 Å². The number of rotatable bonds is 5. The maximum Gasteiger partial charge on any atom is 0.257 e. The lowest BCUT2D eigenvalue weighted by Gasteiger charge is -2.03. The first-order valence-corrected chi connectivity index (χ1v) is 10.4. The van der Waals surface area contributed by atoms with Crippen LogP contribution in [0.2, 0.25) is 0 Å². The number of nitrogens with zero attached hydrogens (tertiary/aromatic N) is 1. The molecule has 1 aliphatic rings. The second-order valence-electron chi connectivity index (χ2n) is 6.78. The molecule has 0 radical (unpaired) electrons. The molecule has 0 atom stereocenters. The number of amides is 1. The van der Waals surface area contributed by atoms with Crippen molar-refractivity contribution in [3.63, 3.8) is 0 Å². The van der Waals surface area contributed by atoms with Gasteiger partial charge in [0.05, 0.1) is 5.69 Å². The zero-order valence-electron chi connectivity index (χ0n) is 16.2. The van der Waals surface area contributed by atoms with E-state index < -0.39 is 0 Å². The molecule has 0 fully saturated rings. The highest BCUT2D eigenvalue weighted by molar-refractivity contribution is 7.18. The molecule has 31 heavy (non-hydrogen) atoms. The quantitative estimate of drug-likeness (QED) is 0.452. The highest BCUT2D eigenvalue weighted by atomic mass is 32.1. The Hall–Kier alpha value is -3.97. The van der Waals surface area contributed by atoms with E-state index in [1.165, 1.54) is 0 Å². The molecule has 0 aliphatic carbocycles. The fraction of sp³-hybridized carbons (Fsp3) is 0.0417. The number of ether oxygens (including phenoxy) is 2. The zero-order valence-corrected chi connectivity index (χ0v) is 17.0. The Morgan fingerprint density at radius 2 is 1.55 bits per heavy atom. The van der Waals surface area contributed by atoms with Gasteiger partial charge in [0, 0.05) is 16.7 Å². The SMILES string of the molecule is O=C(Nc1nc(-c2ccccc2)c(C(=O)c2ccccc2)s1)c1ccc2c(c1)OCO2. The molecule has 4 aromatic rings. The van der Waals surface area contributed by atoms with Crippen LogP contribution < -0.4 is 14.8 Å². The predicted octanol–water partition coefficient (Wildman–Crippen LogP) is 5.02. The van der Waals surface area contributed by atoms with Crippen LogP contribution in [-0.4, -0.2) is 23.5 Å². The summed E-state index contributed by atoms with van der Waals surface area (Å²) in [6.45, 7) is 0.137. The van der Waals surface area contributed by atoms with Crippen LogP contribution in [0.3, 0.4) is 0 Å². The van der Waals surface area contributed by atoms with E-state index in [1.54, 1.807) is 30.3 Å². The summed E-state index contributed by atoms with van der Waals surface area (Å²) in [7, 11) is 0. The van der Waals surface area contributed by atoms with E-state index in [0.29, 0.717) is 38.3 Å². The largest absolute Gasteiger partial charge is 0.454 e. The fourth-order valence-electron chi connectivity index (χ4n) is 3.25. The highest BCUT2D eigenvalue weighted by Gasteiger charge is 2.22. The molecule has 6 nitrogen and oxygen atoms in total. The average Bonchev–Trinajstić information content (AvgIpc) is 3.46. The van der Waals surface area contributed by atoms with Gasteiger partial charge in [-0.1, -0.05) is 72.0 Å². The van der Waals surface area contributed by atoms with E-state index >= 15 is 0 Å². The number of carbonyl (C=O) groups excluding carboxylic acids is 2. The van der Waals surface area contributed by atoms with Gasteiger partial charge in [0.15, 0.2) is 16.6 Å². The van der Waals surface area contributed by atoms with Crippen molar-refractivity contribution in [3.8, 4) is 22.8 Å². The van der Waals surface area contributed by atoms with Crippen molar-refractivity contribution in [1.29, 1.82) is 0 Å². The molecule has 0 saturated carbocycles. The third kappa shape index (κ3) is 3.78. The van der Waals surface area contributed by atoms with Crippen LogP contribution in [0.25, 0.3) is 11.3 Å². The third-order valence-electron chi connectivity index (χ3n) is 4.77. The minimum Gasteiger partial charge on any atom is -0.454 e. The molecule has 1 aromatic heterocycles. The summed E-state index contributed by atoms with van der Waals surface area (Å²) in [6, 6.07) is 23.5. The van der Waals surface area contributed by atoms with Gasteiger partial charge in [0.1, 0.15) is 4.88 Å². The van der Waals surface area contributed by atoms with E-state index in [-0.39, 0.29) is 18.5 Å². The topological polar surface area (TPSA) is 77.5 Å². The van der Waals surface area contributed by atoms with Gasteiger partial charge in [-0.25, -0.2) is 4.98 Å². The number of carbonyl (C=O) groups is 2. The van der Waals surface area contributed by atoms with Gasteiger partial charge < -0.3 is 9.47 Å². The summed E-state index contributed by atoms with van der Waals surface area (Å²) in [4.78, 5) is 31.0. The van der Waals surface area contributed by atoms with Crippen LogP contribution in [-0.2, 0) is 0 Å². The summed E-state index contributed by atoms with van der Waals surface area (Å²) in [5, 5.41) is 3.15. The summed E-state index contributed by atoms with van der Waals surface area (Å²) >= 11 is 1.16. The zero-order chi connectivity index (χ0) is 21.2. The van der Waals surface area contributed by atoms with E-state index in [0.717, 1.165) is 16.9 Å². The number of aromatic nitrogens is 1. The number of anilines is 1. The first kappa shape index (κ1) is 19.0. The number of nitrogens with one attached hydrogen (secondary N) is 1. The number of benzene rings is 3. The Balaban J connectivity index is 1.49. The molecular formula is C24H16N2O4S. The lowest BCUT2D eigenvalue weighted by Crippen LogP contribution is -2.11. The Morgan fingerprint density at radius 1 is 0.839 bits per heavy atom. The van der Waals surface area contributed by atoms with Crippen LogP contribution in [0.4, 0.5) is 5.13 Å². The van der Waals surface area contributed by atoms with Crippen LogP contribution >= 0.6 is 11.3 Å². The molecule has 5 rings (SSSR count). The highest BCUT2D eigenvalue weighted by Crippen LogP contribution is 2.35. The van der Waals surface area contributed by atoms with Crippen molar-refractivity contribution in [2.24, 2.45) is 0 Å². The van der Waals surface area contributed by atoms with Crippen molar-refractivity contribution >= 4 is 28.2 Å². The van der Waals surface area contributed by atoms with Gasteiger partial charge in [0.2, 0.25) is 12.6 Å². The van der Waals surface area contributed by atoms with Gasteiger partial charge in [-0.2, -0.15) is 0 Å². The second-order valence-corrected chi connectivity index (χ2v) is 7.78. The van der Waals surface area contributed by atoms with Gasteiger partial charge in [-0.05, 0) is 18.2 Å². The predicted molar refractivity (Wildman–Crippen MR) is 118 cm³/mol. The van der Waals surface area contributed by atoms with Gasteiger partial charge in [0.25, 0.3) is 5.91 Å². The summed E-state index contributed by atoms with van der Waals surface area (Å²) < 4.78 is 10.6. The van der Waals surface area contributed by atoms with E-state index in [4.69, 9.17) is 9.47 Å². The Labute approximate surface area is 182 Å². The van der Waals surface area contributed by atoms with E-state index in [9.17, 15) is 9.59 Å². The minimum atomic E-state index is -0.342. The van der Waals surface area contributed by atoms with Crippen LogP contribution in [0.15, 0.2) is 78.9 Å². The molecule has 2 heterocycles. The van der Waals surface area contributed by atoms with Crippen LogP contribution in [0.5, 0.6) is 11.5 Å². The standard InChI is InChI=1S/C24H16N2O4S/c27-21(16-9-5-2-6-10-16)22-20(15-7-3-1-4-8-15)25-24(31-22)26-23(28)17-11-12-18-19(13-17)30-14-29-18/h1-13H,14H2,(H,25,26,28). The second kappa shape index (κ2) is 8.04. The number of fused-ring (bicyclic) bond motifs is 1. The Bertz CT molecular complexity index is 1270. The Morgan fingerprint density at radius 3 is 2.32 bits per heavy atom. The van der Waals surface area contributed by atoms with Crippen molar-refractivity contribution in [3.05, 3.63) is 94.9 Å². The summed E-state index contributed by atoms with van der Waals surface area (Å²) in [5.41, 5.74) is 2.33. The monoisotopic (exact) mass is 428 g/mol. The van der Waals surface area contributed by atoms with Crippen molar-refractivity contribution in [2.75, 3.05) is 12.1 Å². The average molecular weight is 428 g/mol. The number of ketones is 1. The molecule has 0 bridgehead atoms. The van der Waals surface area contributed by atoms with E-state index in [2.05, 4.69) is 10.3 Å². The molecule has 0 saturated heterocycles. The third-order valence-corrected chi connectivity index (χ3v) is 5.74. The number of hydrogen-bond acceptors (Lipinski definition) is 6. The summed E-state index contributed by atoms with van der Waals surface area (Å²) in [6.07, 6.45) is 0. The van der Waals surface area contributed by atoms with Crippen LogP contribution in [0.1, 0.15) is 25.6 Å². The number of thiazole rings is 1. The van der Waals surface area contributed by atoms with Crippen LogP contribution in [0, 0.1) is 0 Å². The first-order valence-electron chi connectivity index (χ1n) is 9.56. The molecule has 1 amide bonds. The molecule has 0 spiro atoms. The smallest absolute Gasteiger partial charge is 0.257 e. The lowest BCUT2D eigenvalue weighted by molar-refractivity contribution is 0.102. The van der Waals surface area contributed by atoms with Gasteiger partial charge in [-0.15, -0.1) is 0 Å². The maximum atomic E-state index is 13.2. The molecule has 1 N–H and O–H groups in total. The molecule has 152 valence electrons. The minimum absolute atomic E-state index is 0.137. The van der Waals surface area contributed by atoms with Crippen molar-refractivity contribution < 1.29 is 19.1 Å². The molecule has 0 unspecified atom stereocenters. The fourth-order valence-corrected chi connectivity index (χ4v) is 4.19.